The maximum Gasteiger partial charge on any atom is 0.217 e. The molecule has 1 unspecified atom stereocenters. The van der Waals surface area contributed by atoms with Crippen LogP contribution in [0.5, 0.6) is 0 Å². The highest BCUT2D eigenvalue weighted by molar-refractivity contribution is 5.75. The Balaban J connectivity index is 0.891. The smallest absolute Gasteiger partial charge is 0.217 e. The maximum absolute atomic E-state index is 13.5. The molecule has 12 heterocycles. The van der Waals surface area contributed by atoms with E-state index in [1.165, 1.54) is 6.92 Å². The standard InChI is InChI=1S/C82H137N5O60/c1-18-40(100)52(112)58(118)76(129-18)128-17-34-68(47(107)35(71(124)130-34)83-19(2)95)141-74-38(86-22(5)98)50(110)67(30(13-94)136-74)145-81-63(123)69(46(106)33(139-81)16-127-77-59(119)56(116)44(104)31(138-77)14-125-72-36(84-20(3)96)48(108)64(27(10-91)134-72)142-78-60(120)53(113)41(101)24(7-88)131-78)146-82-70(147-75-39(87-23(6)99)51(111)66(29(12-93)137-75)144-80-62(122)55(115)43(103)26(9-90)133-80)57(117)45(105)32(140-82)15-126-73-37(85-21(4)97)49(109)65(28(11-92)135-73)143-79-61(121)54(114)42(102)25(8-89)132-79/h18,24-82,88-94,100-124H,7-17H2,1-6H3,(H,83,95)(H,84,96)(H,85,97)(H,86,98)(H,87,99)/t18-,24+,25+,26+,27+,28+,29+,30+,31+,32+,33+,34+,35+,36+,37+,38+,39+,40+,41-,42-,43-,44+,45+,46+,47+,48+,49+,50+,51+,52+,53-,54-,55-,56-,57-,58-,59-,60+,61+,62+,63-,64+,65+,66+,67+,68+,69-,70-,71?,72+,73+,74-,75-,76+,77-,78-,79-,80-,81-,82+/m0/s1. The summed E-state index contributed by atoms with van der Waals surface area (Å²) in [6.07, 6.45) is -117. The minimum Gasteiger partial charge on any atom is -0.394 e. The Labute approximate surface area is 832 Å². The molecule has 12 rings (SSSR count). The zero-order chi connectivity index (χ0) is 108. The fourth-order valence-electron chi connectivity index (χ4n) is 19.0. The van der Waals surface area contributed by atoms with Crippen molar-refractivity contribution in [3.63, 3.8) is 0 Å². The molecule has 12 aliphatic rings. The number of ether oxygens (including phenoxy) is 23. The normalized spacial score (nSPS) is 49.6. The summed E-state index contributed by atoms with van der Waals surface area (Å²) in [6.45, 7) is -6.38. The van der Waals surface area contributed by atoms with Crippen molar-refractivity contribution in [1.82, 2.24) is 26.6 Å². The summed E-state index contributed by atoms with van der Waals surface area (Å²) in [7, 11) is 0. The molecule has 147 heavy (non-hydrogen) atoms. The number of aliphatic hydroxyl groups excluding tert-OH is 32. The van der Waals surface area contributed by atoms with Gasteiger partial charge in [-0.15, -0.1) is 0 Å². The second-order valence-electron chi connectivity index (χ2n) is 37.4. The Hall–Kier alpha value is -4.85. The first-order chi connectivity index (χ1) is 69.5. The molecule has 65 nitrogen and oxygen atoms in total. The first-order valence-corrected chi connectivity index (χ1v) is 47.0. The van der Waals surface area contributed by atoms with Crippen LogP contribution in [0.15, 0.2) is 0 Å². The third kappa shape index (κ3) is 27.2. The fraction of sp³-hybridized carbons (Fsp3) is 0.939. The van der Waals surface area contributed by atoms with E-state index in [1.54, 1.807) is 0 Å². The van der Waals surface area contributed by atoms with Gasteiger partial charge >= 0.3 is 0 Å². The summed E-state index contributed by atoms with van der Waals surface area (Å²) in [4.78, 5) is 65.3. The quantitative estimate of drug-likeness (QED) is 0.0273. The molecule has 0 aromatic carbocycles. The zero-order valence-corrected chi connectivity index (χ0v) is 79.2. The Kier molecular flexibility index (Phi) is 43.4. The molecule has 37 N–H and O–H groups in total. The monoisotopic (exact) mass is 2150 g/mol. The van der Waals surface area contributed by atoms with Crippen LogP contribution in [-0.2, 0) is 133 Å². The van der Waals surface area contributed by atoms with E-state index in [2.05, 4.69) is 26.6 Å². The minimum absolute atomic E-state index is 0.872. The van der Waals surface area contributed by atoms with Gasteiger partial charge in [0.1, 0.15) is 287 Å². The van der Waals surface area contributed by atoms with Crippen LogP contribution >= 0.6 is 0 Å². The SMILES string of the molecule is CC(=O)N[C@H]1[C@H](O[C@H]2[C@H](O)[C@@H](NC(C)=O)C(O)O[C@@H]2CO[C@@H]2O[C@@H](C)[C@@H](O)[C@@H](O)[C@@H]2O)O[C@H](CO)[C@@H](O[C@@H]2O[C@H](CO[C@H]3O[C@H](CO[C@@H]4O[C@H](CO)[C@@H](O[C@@H]5O[C@H](CO)[C@H](O)[C@H](O)[C@H]5O)[C@H](O)[C@H]4NC(C)=O)[C@@H](O)[C@H](O)[C@@H]3O)[C@@H](O)[C@H](O[C@H]3O[C@H](CO[C@@H]4O[C@H](CO)[C@@H](O[C@@H]5O[C@H](CO)[C@H](O)[C@H](O)[C@H]5O)[C@H](O)[C@H]4NC(C)=O)[C@@H](O)[C@H](O)[C@@H]3O[C@@H]3O[C@H](CO)[C@@H](O[C@@H]4O[C@H](CO)[C@H](O)[C@H](O)[C@H]4O)[C@H](O)[C@H]3NC(C)=O)[C@@H]2O)[C@@H]1O. The molecule has 0 spiro atoms. The first-order valence-electron chi connectivity index (χ1n) is 47.0. The van der Waals surface area contributed by atoms with Crippen molar-refractivity contribution in [3.8, 4) is 0 Å². The number of carbonyl (C=O) groups is 5. The minimum atomic E-state index is -2.77. The molecule has 5 amide bonds. The highest BCUT2D eigenvalue weighted by Crippen LogP contribution is 2.42. The van der Waals surface area contributed by atoms with Crippen LogP contribution in [0.4, 0.5) is 0 Å². The van der Waals surface area contributed by atoms with Gasteiger partial charge in [0.2, 0.25) is 29.5 Å². The van der Waals surface area contributed by atoms with Gasteiger partial charge in [-0.05, 0) is 6.92 Å². The Morgan fingerprint density at radius 1 is 0.190 bits per heavy atom. The lowest BCUT2D eigenvalue weighted by molar-refractivity contribution is -0.399. The van der Waals surface area contributed by atoms with E-state index in [9.17, 15) is 187 Å². The van der Waals surface area contributed by atoms with Gasteiger partial charge in [0.05, 0.1) is 78.8 Å². The fourth-order valence-corrected chi connectivity index (χ4v) is 19.0. The van der Waals surface area contributed by atoms with Gasteiger partial charge in [-0.25, -0.2) is 0 Å². The van der Waals surface area contributed by atoms with Crippen LogP contribution in [0.3, 0.4) is 0 Å². The molecule has 850 valence electrons. The van der Waals surface area contributed by atoms with E-state index < -0.39 is 470 Å². The van der Waals surface area contributed by atoms with Crippen LogP contribution in [0.1, 0.15) is 41.5 Å². The van der Waals surface area contributed by atoms with Crippen molar-refractivity contribution >= 4 is 29.5 Å². The van der Waals surface area contributed by atoms with Gasteiger partial charge in [0, 0.05) is 34.6 Å². The average molecular weight is 2150 g/mol. The van der Waals surface area contributed by atoms with E-state index in [0.29, 0.717) is 0 Å². The van der Waals surface area contributed by atoms with E-state index >= 15 is 0 Å². The first kappa shape index (κ1) is 121. The van der Waals surface area contributed by atoms with Crippen LogP contribution in [0.2, 0.25) is 0 Å². The van der Waals surface area contributed by atoms with Crippen LogP contribution in [-0.4, -0.2) is 634 Å². The molecule has 0 aliphatic carbocycles. The topological polar surface area (TPSA) is 1010 Å². The molecule has 0 aromatic heterocycles. The van der Waals surface area contributed by atoms with E-state index in [1.807, 2.05) is 0 Å². The number of aliphatic hydroxyl groups is 32. The Bertz CT molecular complexity index is 4110. The van der Waals surface area contributed by atoms with Gasteiger partial charge in [-0.2, -0.15) is 0 Å². The molecule has 60 atom stereocenters. The lowest BCUT2D eigenvalue weighted by Crippen LogP contribution is -2.71. The number of hydrogen-bond acceptors (Lipinski definition) is 60. The van der Waals surface area contributed by atoms with E-state index in [0.717, 1.165) is 34.6 Å². The predicted molar refractivity (Wildman–Crippen MR) is 452 cm³/mol. The van der Waals surface area contributed by atoms with Crippen LogP contribution in [0, 0.1) is 0 Å². The van der Waals surface area contributed by atoms with Gasteiger partial charge in [-0.1, -0.05) is 0 Å². The van der Waals surface area contributed by atoms with E-state index in [4.69, 9.17) is 109 Å². The number of carbonyl (C=O) groups excluding carboxylic acids is 5. The lowest BCUT2D eigenvalue weighted by Gasteiger charge is -2.51. The predicted octanol–water partition coefficient (Wildman–Crippen LogP) is -25.4. The highest BCUT2D eigenvalue weighted by atomic mass is 16.8. The van der Waals surface area contributed by atoms with Crippen molar-refractivity contribution in [2.24, 2.45) is 0 Å². The van der Waals surface area contributed by atoms with Crippen LogP contribution < -0.4 is 26.6 Å². The largest absolute Gasteiger partial charge is 0.394 e. The summed E-state index contributed by atoms with van der Waals surface area (Å²) >= 11 is 0. The summed E-state index contributed by atoms with van der Waals surface area (Å²) in [5.74, 6) is -4.85. The van der Waals surface area contributed by atoms with Crippen molar-refractivity contribution in [2.45, 2.75) is 410 Å². The number of rotatable bonds is 38. The molecule has 65 heteroatoms. The van der Waals surface area contributed by atoms with Crippen molar-refractivity contribution in [3.05, 3.63) is 0 Å². The summed E-state index contributed by atoms with van der Waals surface area (Å²) in [6, 6.07) is -9.75. The third-order valence-corrected chi connectivity index (χ3v) is 27.0. The van der Waals surface area contributed by atoms with E-state index in [-0.39, 0.29) is 0 Å². The van der Waals surface area contributed by atoms with Crippen molar-refractivity contribution in [2.75, 3.05) is 72.7 Å². The third-order valence-electron chi connectivity index (χ3n) is 27.0. The molecule has 12 saturated heterocycles. The van der Waals surface area contributed by atoms with Crippen LogP contribution in [0.25, 0.3) is 0 Å². The highest BCUT2D eigenvalue weighted by Gasteiger charge is 2.63. The molecule has 0 aromatic rings. The zero-order valence-electron chi connectivity index (χ0n) is 79.2. The summed E-state index contributed by atoms with van der Waals surface area (Å²) in [5.41, 5.74) is 0. The van der Waals surface area contributed by atoms with Gasteiger partial charge in [-0.3, -0.25) is 24.0 Å². The molecule has 0 radical (unpaired) electrons. The lowest BCUT2D eigenvalue weighted by atomic mass is 9.93. The molecule has 12 fully saturated rings. The van der Waals surface area contributed by atoms with Gasteiger partial charge in [0.15, 0.2) is 75.5 Å². The number of nitrogens with one attached hydrogen (secondary N) is 5. The molecule has 12 aliphatic heterocycles. The van der Waals surface area contributed by atoms with Gasteiger partial charge < -0.3 is 299 Å². The number of hydrogen-bond donors (Lipinski definition) is 37. The molecule has 0 saturated carbocycles. The molecule has 0 bridgehead atoms. The Morgan fingerprint density at radius 2 is 0.415 bits per heavy atom. The summed E-state index contributed by atoms with van der Waals surface area (Å²) < 4.78 is 137. The average Bonchev–Trinajstić information content (AvgIpc) is 0.759. The number of amides is 5. The molecular weight excluding hydrogens is 2010 g/mol. The second-order valence-corrected chi connectivity index (χ2v) is 37.4. The van der Waals surface area contributed by atoms with Gasteiger partial charge in [0.25, 0.3) is 0 Å². The second kappa shape index (κ2) is 52.8. The summed E-state index contributed by atoms with van der Waals surface area (Å²) in [5, 5.41) is 372. The van der Waals surface area contributed by atoms with Crippen molar-refractivity contribution < 1.29 is 296 Å². The van der Waals surface area contributed by atoms with Crippen molar-refractivity contribution in [1.29, 1.82) is 0 Å². The molecular formula is C82H137N5O60. The maximum atomic E-state index is 13.5. The Morgan fingerprint density at radius 3 is 0.769 bits per heavy atom.